The zero-order chi connectivity index (χ0) is 16.9. The van der Waals surface area contributed by atoms with Gasteiger partial charge in [-0.2, -0.15) is 0 Å². The highest BCUT2D eigenvalue weighted by molar-refractivity contribution is 6.30. The third-order valence-corrected chi connectivity index (χ3v) is 5.47. The summed E-state index contributed by atoms with van der Waals surface area (Å²) in [6.07, 6.45) is 4.28. The average Bonchev–Trinajstić information content (AvgIpc) is 2.63. The molecular weight excluding hydrogens is 322 g/mol. The highest BCUT2D eigenvalue weighted by Gasteiger charge is 2.21. The van der Waals surface area contributed by atoms with E-state index in [0.29, 0.717) is 12.3 Å². The summed E-state index contributed by atoms with van der Waals surface area (Å²) < 4.78 is 0. The molecule has 2 heterocycles. The molecular formula is C19H28ClN3O. The maximum atomic E-state index is 12.3. The predicted molar refractivity (Wildman–Crippen MR) is 99.9 cm³/mol. The van der Waals surface area contributed by atoms with Crippen LogP contribution in [0.3, 0.4) is 0 Å². The molecule has 0 aromatic heterocycles. The third kappa shape index (κ3) is 4.42. The molecule has 0 atom stereocenters. The first-order valence-electron chi connectivity index (χ1n) is 9.15. The fraction of sp³-hybridized carbons (Fsp3) is 0.632. The number of amides is 1. The Morgan fingerprint density at radius 3 is 2.46 bits per heavy atom. The van der Waals surface area contributed by atoms with Gasteiger partial charge >= 0.3 is 0 Å². The Hall–Kier alpha value is -1.26. The number of carbonyl (C=O) groups is 1. The van der Waals surface area contributed by atoms with Crippen LogP contribution in [0.15, 0.2) is 18.2 Å². The zero-order valence-corrected chi connectivity index (χ0v) is 15.4. The Labute approximate surface area is 150 Å². The number of piperazine rings is 1. The Bertz CT molecular complexity index is 564. The second-order valence-corrected chi connectivity index (χ2v) is 7.39. The largest absolute Gasteiger partial charge is 0.369 e. The molecule has 2 aliphatic rings. The molecule has 3 rings (SSSR count). The molecule has 0 saturated carbocycles. The molecule has 2 fully saturated rings. The van der Waals surface area contributed by atoms with Crippen molar-refractivity contribution in [2.24, 2.45) is 0 Å². The van der Waals surface area contributed by atoms with Crippen molar-refractivity contribution in [3.63, 3.8) is 0 Å². The van der Waals surface area contributed by atoms with Gasteiger partial charge < -0.3 is 9.80 Å². The number of anilines is 1. The first-order valence-corrected chi connectivity index (χ1v) is 9.52. The van der Waals surface area contributed by atoms with E-state index < -0.39 is 0 Å². The van der Waals surface area contributed by atoms with Crippen molar-refractivity contribution >= 4 is 23.2 Å². The van der Waals surface area contributed by atoms with Crippen LogP contribution in [-0.4, -0.2) is 61.5 Å². The molecule has 24 heavy (non-hydrogen) atoms. The van der Waals surface area contributed by atoms with Crippen LogP contribution in [0.1, 0.15) is 31.2 Å². The van der Waals surface area contributed by atoms with E-state index in [1.165, 1.54) is 30.5 Å². The summed E-state index contributed by atoms with van der Waals surface area (Å²) in [6, 6.07) is 6.09. The van der Waals surface area contributed by atoms with E-state index in [4.69, 9.17) is 11.6 Å². The van der Waals surface area contributed by atoms with Gasteiger partial charge in [-0.25, -0.2) is 0 Å². The number of carbonyl (C=O) groups excluding carboxylic acids is 1. The third-order valence-electron chi connectivity index (χ3n) is 5.23. The molecule has 4 nitrogen and oxygen atoms in total. The molecule has 0 unspecified atom stereocenters. The topological polar surface area (TPSA) is 26.8 Å². The van der Waals surface area contributed by atoms with Crippen LogP contribution >= 0.6 is 11.6 Å². The van der Waals surface area contributed by atoms with E-state index in [-0.39, 0.29) is 0 Å². The van der Waals surface area contributed by atoms with E-state index in [1.807, 2.05) is 6.07 Å². The van der Waals surface area contributed by atoms with Crippen molar-refractivity contribution in [1.29, 1.82) is 0 Å². The van der Waals surface area contributed by atoms with Gasteiger partial charge in [0.1, 0.15) is 0 Å². The molecule has 2 aliphatic heterocycles. The minimum absolute atomic E-state index is 0.336. The van der Waals surface area contributed by atoms with E-state index in [2.05, 4.69) is 33.8 Å². The molecule has 1 amide bonds. The zero-order valence-electron chi connectivity index (χ0n) is 14.6. The quantitative estimate of drug-likeness (QED) is 0.835. The second-order valence-electron chi connectivity index (χ2n) is 6.95. The lowest BCUT2D eigenvalue weighted by Gasteiger charge is -2.37. The van der Waals surface area contributed by atoms with Crippen molar-refractivity contribution in [3.05, 3.63) is 28.8 Å². The summed E-state index contributed by atoms with van der Waals surface area (Å²) in [6.45, 7) is 8.96. The van der Waals surface area contributed by atoms with Crippen molar-refractivity contribution in [2.75, 3.05) is 50.7 Å². The summed E-state index contributed by atoms with van der Waals surface area (Å²) in [7, 11) is 0. The molecule has 0 aliphatic carbocycles. The lowest BCUT2D eigenvalue weighted by Crippen LogP contribution is -2.47. The Balaban J connectivity index is 1.45. The number of aryl methyl sites for hydroxylation is 1. The monoisotopic (exact) mass is 349 g/mol. The van der Waals surface area contributed by atoms with Crippen molar-refractivity contribution in [2.45, 2.75) is 32.6 Å². The van der Waals surface area contributed by atoms with Crippen LogP contribution in [0.25, 0.3) is 0 Å². The van der Waals surface area contributed by atoms with Crippen LogP contribution in [0, 0.1) is 6.92 Å². The van der Waals surface area contributed by atoms with Crippen molar-refractivity contribution in [1.82, 2.24) is 9.80 Å². The van der Waals surface area contributed by atoms with Crippen molar-refractivity contribution < 1.29 is 4.79 Å². The predicted octanol–water partition coefficient (Wildman–Crippen LogP) is 3.17. The van der Waals surface area contributed by atoms with E-state index in [9.17, 15) is 4.79 Å². The highest BCUT2D eigenvalue weighted by Crippen LogP contribution is 2.25. The van der Waals surface area contributed by atoms with Gasteiger partial charge in [0.15, 0.2) is 0 Å². The van der Waals surface area contributed by atoms with Gasteiger partial charge in [-0.3, -0.25) is 9.69 Å². The smallest absolute Gasteiger partial charge is 0.223 e. The van der Waals surface area contributed by atoms with Gasteiger partial charge in [0, 0.05) is 62.9 Å². The van der Waals surface area contributed by atoms with Crippen LogP contribution in [0.5, 0.6) is 0 Å². The van der Waals surface area contributed by atoms with E-state index >= 15 is 0 Å². The van der Waals surface area contributed by atoms with Crippen molar-refractivity contribution in [3.8, 4) is 0 Å². The first-order chi connectivity index (χ1) is 11.6. The number of halogens is 1. The van der Waals surface area contributed by atoms with Gasteiger partial charge in [-0.15, -0.1) is 0 Å². The molecule has 0 bridgehead atoms. The average molecular weight is 350 g/mol. The van der Waals surface area contributed by atoms with Crippen LogP contribution in [-0.2, 0) is 4.79 Å². The highest BCUT2D eigenvalue weighted by atomic mass is 35.5. The molecule has 2 saturated heterocycles. The van der Waals surface area contributed by atoms with Crippen LogP contribution in [0.4, 0.5) is 5.69 Å². The van der Waals surface area contributed by atoms with Gasteiger partial charge in [-0.05, 0) is 43.9 Å². The number of likely N-dealkylation sites (tertiary alicyclic amines) is 1. The first kappa shape index (κ1) is 17.6. The van der Waals surface area contributed by atoms with Gasteiger partial charge in [0.05, 0.1) is 0 Å². The van der Waals surface area contributed by atoms with Gasteiger partial charge in [-0.1, -0.05) is 17.7 Å². The maximum Gasteiger partial charge on any atom is 0.223 e. The minimum atomic E-state index is 0.336. The molecule has 1 aromatic carbocycles. The summed E-state index contributed by atoms with van der Waals surface area (Å²) in [5, 5.41) is 0.796. The van der Waals surface area contributed by atoms with E-state index in [1.54, 1.807) is 0 Å². The maximum absolute atomic E-state index is 12.3. The number of rotatable bonds is 4. The molecule has 5 heteroatoms. The summed E-state index contributed by atoms with van der Waals surface area (Å²) in [5.74, 6) is 0.336. The SMILES string of the molecule is Cc1ccc(Cl)cc1N1CCN(CCC(=O)N2CCCCC2)CC1. The lowest BCUT2D eigenvalue weighted by atomic mass is 10.1. The van der Waals surface area contributed by atoms with Crippen LogP contribution in [0.2, 0.25) is 5.02 Å². The fourth-order valence-electron chi connectivity index (χ4n) is 3.69. The summed E-state index contributed by atoms with van der Waals surface area (Å²) >= 11 is 6.14. The lowest BCUT2D eigenvalue weighted by molar-refractivity contribution is -0.132. The van der Waals surface area contributed by atoms with Crippen LogP contribution < -0.4 is 4.90 Å². The summed E-state index contributed by atoms with van der Waals surface area (Å²) in [5.41, 5.74) is 2.51. The van der Waals surface area contributed by atoms with Gasteiger partial charge in [0.25, 0.3) is 0 Å². The fourth-order valence-corrected chi connectivity index (χ4v) is 3.86. The Morgan fingerprint density at radius 1 is 1.04 bits per heavy atom. The molecule has 132 valence electrons. The standard InChI is InChI=1S/C19H28ClN3O/c1-16-5-6-17(20)15-18(16)22-13-11-21(12-14-22)10-7-19(24)23-8-3-2-4-9-23/h5-6,15H,2-4,7-14H2,1H3. The number of nitrogens with zero attached hydrogens (tertiary/aromatic N) is 3. The molecule has 0 N–H and O–H groups in total. The normalized spacial score (nSPS) is 19.6. The Morgan fingerprint density at radius 2 is 1.75 bits per heavy atom. The number of piperidine rings is 1. The van der Waals surface area contributed by atoms with E-state index in [0.717, 1.165) is 50.8 Å². The molecule has 0 spiro atoms. The minimum Gasteiger partial charge on any atom is -0.369 e. The molecule has 1 aromatic rings. The van der Waals surface area contributed by atoms with Gasteiger partial charge in [0.2, 0.25) is 5.91 Å². The molecule has 0 radical (unpaired) electrons. The Kier molecular flexibility index (Phi) is 6.01. The number of hydrogen-bond acceptors (Lipinski definition) is 3. The second kappa shape index (κ2) is 8.21. The number of benzene rings is 1. The summed E-state index contributed by atoms with van der Waals surface area (Å²) in [4.78, 5) is 19.2. The number of hydrogen-bond donors (Lipinski definition) is 0.